The predicted molar refractivity (Wildman–Crippen MR) is 113 cm³/mol. The van der Waals surface area contributed by atoms with Crippen molar-refractivity contribution in [3.63, 3.8) is 0 Å². The van der Waals surface area contributed by atoms with Crippen molar-refractivity contribution in [2.24, 2.45) is 5.92 Å². The Kier molecular flexibility index (Phi) is 8.88. The molecule has 0 bridgehead atoms. The van der Waals surface area contributed by atoms with Gasteiger partial charge in [0.25, 0.3) is 11.1 Å². The van der Waals surface area contributed by atoms with Crippen molar-refractivity contribution >= 4 is 29.9 Å². The van der Waals surface area contributed by atoms with Crippen LogP contribution < -0.4 is 0 Å². The SMILES string of the molecule is CC(C)C[C@@H](C(=O)c1nnc(SCC(=O)OC(C)(C)C)o1)N(C=O)C1CCCCC1. The third kappa shape index (κ3) is 7.41. The first-order valence-electron chi connectivity index (χ1n) is 10.6. The van der Waals surface area contributed by atoms with E-state index in [0.29, 0.717) is 6.42 Å². The fourth-order valence-electron chi connectivity index (χ4n) is 3.61. The van der Waals surface area contributed by atoms with E-state index in [4.69, 9.17) is 9.15 Å². The van der Waals surface area contributed by atoms with E-state index in [1.54, 1.807) is 25.7 Å². The Hall–Kier alpha value is -1.90. The molecule has 2 rings (SSSR count). The Bertz CT molecular complexity index is 722. The second-order valence-electron chi connectivity index (χ2n) is 9.10. The van der Waals surface area contributed by atoms with E-state index in [2.05, 4.69) is 10.2 Å². The van der Waals surface area contributed by atoms with Crippen LogP contribution in [-0.4, -0.2) is 56.7 Å². The zero-order valence-corrected chi connectivity index (χ0v) is 19.4. The molecule has 0 N–H and O–H groups in total. The van der Waals surface area contributed by atoms with Crippen LogP contribution in [0.2, 0.25) is 0 Å². The summed E-state index contributed by atoms with van der Waals surface area (Å²) in [5, 5.41) is 7.88. The summed E-state index contributed by atoms with van der Waals surface area (Å²) in [6.45, 7) is 9.40. The number of nitrogens with zero attached hydrogens (tertiary/aromatic N) is 3. The van der Waals surface area contributed by atoms with Crippen LogP contribution in [0.25, 0.3) is 0 Å². The van der Waals surface area contributed by atoms with Gasteiger partial charge in [-0.1, -0.05) is 44.9 Å². The second kappa shape index (κ2) is 10.9. The van der Waals surface area contributed by atoms with Crippen molar-refractivity contribution in [2.75, 3.05) is 5.75 Å². The molecule has 0 unspecified atom stereocenters. The van der Waals surface area contributed by atoms with Gasteiger partial charge >= 0.3 is 5.97 Å². The molecule has 1 aromatic heterocycles. The molecular weight excluding hydrogens is 406 g/mol. The van der Waals surface area contributed by atoms with Gasteiger partial charge in [-0.15, -0.1) is 10.2 Å². The molecule has 0 spiro atoms. The Morgan fingerprint density at radius 1 is 1.23 bits per heavy atom. The van der Waals surface area contributed by atoms with Crippen LogP contribution >= 0.6 is 11.8 Å². The summed E-state index contributed by atoms with van der Waals surface area (Å²) in [7, 11) is 0. The molecule has 1 aliphatic carbocycles. The van der Waals surface area contributed by atoms with E-state index in [9.17, 15) is 14.4 Å². The number of carbonyl (C=O) groups excluding carboxylic acids is 3. The smallest absolute Gasteiger partial charge is 0.316 e. The van der Waals surface area contributed by atoms with E-state index in [0.717, 1.165) is 50.3 Å². The third-order valence-electron chi connectivity index (χ3n) is 4.83. The lowest BCUT2D eigenvalue weighted by atomic mass is 9.91. The van der Waals surface area contributed by atoms with Crippen LogP contribution in [0, 0.1) is 5.92 Å². The highest BCUT2D eigenvalue weighted by molar-refractivity contribution is 7.99. The maximum Gasteiger partial charge on any atom is 0.316 e. The van der Waals surface area contributed by atoms with Gasteiger partial charge in [-0.2, -0.15) is 0 Å². The van der Waals surface area contributed by atoms with E-state index in [1.165, 1.54) is 0 Å². The minimum Gasteiger partial charge on any atom is -0.459 e. The molecule has 1 aromatic rings. The van der Waals surface area contributed by atoms with Gasteiger partial charge in [0, 0.05) is 6.04 Å². The fraction of sp³-hybridized carbons (Fsp3) is 0.762. The lowest BCUT2D eigenvalue weighted by Gasteiger charge is -2.36. The van der Waals surface area contributed by atoms with Gasteiger partial charge < -0.3 is 14.1 Å². The number of Topliss-reactive ketones (excluding diaryl/α,β-unsaturated/α-hetero) is 1. The molecular formula is C21H33N3O5S. The average molecular weight is 440 g/mol. The molecule has 168 valence electrons. The molecule has 1 amide bonds. The van der Waals surface area contributed by atoms with Gasteiger partial charge in [-0.25, -0.2) is 0 Å². The van der Waals surface area contributed by atoms with Crippen molar-refractivity contribution in [3.8, 4) is 0 Å². The monoisotopic (exact) mass is 439 g/mol. The highest BCUT2D eigenvalue weighted by atomic mass is 32.2. The number of hydrogen-bond acceptors (Lipinski definition) is 8. The first kappa shape index (κ1) is 24.4. The molecule has 1 aliphatic rings. The molecule has 1 fully saturated rings. The first-order chi connectivity index (χ1) is 14.1. The molecule has 1 atom stereocenters. The summed E-state index contributed by atoms with van der Waals surface area (Å²) >= 11 is 1.03. The number of amides is 1. The van der Waals surface area contributed by atoms with Crippen molar-refractivity contribution in [1.29, 1.82) is 0 Å². The quantitative estimate of drug-likeness (QED) is 0.234. The van der Waals surface area contributed by atoms with Gasteiger partial charge in [-0.05, 0) is 46.0 Å². The Morgan fingerprint density at radius 3 is 2.47 bits per heavy atom. The molecule has 8 nitrogen and oxygen atoms in total. The lowest BCUT2D eigenvalue weighted by molar-refractivity contribution is -0.151. The summed E-state index contributed by atoms with van der Waals surface area (Å²) in [5.41, 5.74) is -0.574. The van der Waals surface area contributed by atoms with Gasteiger partial charge in [0.05, 0.1) is 0 Å². The maximum absolute atomic E-state index is 13.2. The highest BCUT2D eigenvalue weighted by Gasteiger charge is 2.35. The standard InChI is InChI=1S/C21H33N3O5S/c1-14(2)11-16(24(13-25)15-9-7-6-8-10-15)18(27)19-22-23-20(28-19)30-12-17(26)29-21(3,4)5/h13-16H,6-12H2,1-5H3/t16-/m0/s1. The fourth-order valence-corrected chi connectivity index (χ4v) is 4.14. The van der Waals surface area contributed by atoms with E-state index in [1.807, 2.05) is 13.8 Å². The Balaban J connectivity index is 2.08. The molecule has 0 aromatic carbocycles. The number of rotatable bonds is 10. The van der Waals surface area contributed by atoms with Crippen molar-refractivity contribution < 1.29 is 23.5 Å². The van der Waals surface area contributed by atoms with Crippen LogP contribution in [0.5, 0.6) is 0 Å². The number of carbonyl (C=O) groups is 3. The van der Waals surface area contributed by atoms with Crippen LogP contribution in [0.1, 0.15) is 83.8 Å². The van der Waals surface area contributed by atoms with Crippen LogP contribution in [0.3, 0.4) is 0 Å². The van der Waals surface area contributed by atoms with Crippen molar-refractivity contribution in [1.82, 2.24) is 15.1 Å². The van der Waals surface area contributed by atoms with Gasteiger partial charge in [0.2, 0.25) is 12.2 Å². The number of ketones is 1. The average Bonchev–Trinajstić information content (AvgIpc) is 3.14. The normalized spacial score (nSPS) is 16.3. The molecule has 0 aliphatic heterocycles. The van der Waals surface area contributed by atoms with Crippen LogP contribution in [0.4, 0.5) is 0 Å². The molecule has 1 saturated carbocycles. The molecule has 0 radical (unpaired) electrons. The summed E-state index contributed by atoms with van der Waals surface area (Å²) in [6, 6.07) is -0.567. The van der Waals surface area contributed by atoms with E-state index >= 15 is 0 Å². The molecule has 30 heavy (non-hydrogen) atoms. The van der Waals surface area contributed by atoms with Crippen LogP contribution in [0.15, 0.2) is 9.64 Å². The van der Waals surface area contributed by atoms with E-state index in [-0.39, 0.29) is 34.6 Å². The van der Waals surface area contributed by atoms with E-state index < -0.39 is 17.6 Å². The minimum atomic E-state index is -0.630. The highest BCUT2D eigenvalue weighted by Crippen LogP contribution is 2.27. The lowest BCUT2D eigenvalue weighted by Crippen LogP contribution is -2.48. The number of ether oxygens (including phenoxy) is 1. The zero-order valence-electron chi connectivity index (χ0n) is 18.6. The number of thioether (sulfide) groups is 1. The second-order valence-corrected chi connectivity index (χ2v) is 10.0. The topological polar surface area (TPSA) is 103 Å². The summed E-state index contributed by atoms with van der Waals surface area (Å²) in [6.07, 6.45) is 6.40. The zero-order chi connectivity index (χ0) is 22.3. The number of aromatic nitrogens is 2. The first-order valence-corrected chi connectivity index (χ1v) is 11.5. The molecule has 0 saturated heterocycles. The predicted octanol–water partition coefficient (Wildman–Crippen LogP) is 3.89. The van der Waals surface area contributed by atoms with Crippen molar-refractivity contribution in [3.05, 3.63) is 5.89 Å². The molecule has 1 heterocycles. The Morgan fingerprint density at radius 2 is 1.90 bits per heavy atom. The number of esters is 1. The maximum atomic E-state index is 13.2. The largest absolute Gasteiger partial charge is 0.459 e. The summed E-state index contributed by atoms with van der Waals surface area (Å²) in [4.78, 5) is 38.6. The minimum absolute atomic E-state index is 0.00501. The summed E-state index contributed by atoms with van der Waals surface area (Å²) in [5.74, 6) is -0.659. The van der Waals surface area contributed by atoms with Gasteiger partial charge in [0.15, 0.2) is 0 Å². The van der Waals surface area contributed by atoms with Gasteiger partial charge in [-0.3, -0.25) is 14.4 Å². The third-order valence-corrected chi connectivity index (χ3v) is 5.62. The number of hydrogen-bond donors (Lipinski definition) is 0. The van der Waals surface area contributed by atoms with Crippen LogP contribution in [-0.2, 0) is 14.3 Å². The summed E-state index contributed by atoms with van der Waals surface area (Å²) < 4.78 is 10.8. The van der Waals surface area contributed by atoms with Gasteiger partial charge in [0.1, 0.15) is 17.4 Å². The molecule has 9 heteroatoms. The van der Waals surface area contributed by atoms with Crippen molar-refractivity contribution in [2.45, 2.75) is 96.1 Å². The Labute approximate surface area is 182 Å².